The van der Waals surface area contributed by atoms with Gasteiger partial charge in [0.05, 0.1) is 6.61 Å². The smallest absolute Gasteiger partial charge is 0.136 e. The van der Waals surface area contributed by atoms with Crippen LogP contribution >= 0.6 is 0 Å². The summed E-state index contributed by atoms with van der Waals surface area (Å²) in [7, 11) is 1.97. The van der Waals surface area contributed by atoms with E-state index in [1.54, 1.807) is 0 Å². The zero-order valence-electron chi connectivity index (χ0n) is 32.2. The SMILES string of the molecule is CCCCC/C=C\C/C=C\CCCCCCCCOCC(OCCCCCCCC/C=C\C/C=C\CCCCC)C(O)N(C)C(C)C. The van der Waals surface area contributed by atoms with Crippen molar-refractivity contribution in [2.45, 2.75) is 200 Å². The molecule has 0 spiro atoms. The maximum Gasteiger partial charge on any atom is 0.136 e. The molecular weight excluding hydrogens is 578 g/mol. The first kappa shape index (κ1) is 45.8. The number of nitrogens with zero attached hydrogens (tertiary/aromatic N) is 1. The molecule has 0 saturated carbocycles. The second-order valence-electron chi connectivity index (χ2n) is 13.8. The summed E-state index contributed by atoms with van der Waals surface area (Å²) in [6.07, 6.45) is 47.5. The molecule has 0 aliphatic heterocycles. The van der Waals surface area contributed by atoms with Crippen LogP contribution in [0.2, 0.25) is 0 Å². The summed E-state index contributed by atoms with van der Waals surface area (Å²) >= 11 is 0. The molecule has 0 aromatic heterocycles. The molecule has 0 fully saturated rings. The molecule has 0 aromatic carbocycles. The number of unbranched alkanes of at least 4 members (excludes halogenated alkanes) is 18. The molecule has 2 unspecified atom stereocenters. The lowest BCUT2D eigenvalue weighted by molar-refractivity contribution is -0.137. The highest BCUT2D eigenvalue weighted by Crippen LogP contribution is 2.13. The number of likely N-dealkylation sites (N-methyl/N-ethyl adjacent to an activating group) is 1. The van der Waals surface area contributed by atoms with E-state index in [4.69, 9.17) is 9.47 Å². The molecule has 0 heterocycles. The predicted molar refractivity (Wildman–Crippen MR) is 208 cm³/mol. The molecule has 0 rings (SSSR count). The number of allylic oxidation sites excluding steroid dienone is 8. The third-order valence-electron chi connectivity index (χ3n) is 9.01. The molecule has 1 N–H and O–H groups in total. The van der Waals surface area contributed by atoms with Crippen molar-refractivity contribution in [3.05, 3.63) is 48.6 Å². The van der Waals surface area contributed by atoms with Gasteiger partial charge < -0.3 is 14.6 Å². The number of rotatable bonds is 36. The van der Waals surface area contributed by atoms with Crippen LogP contribution in [0.15, 0.2) is 48.6 Å². The highest BCUT2D eigenvalue weighted by molar-refractivity contribution is 4.93. The van der Waals surface area contributed by atoms with E-state index in [-0.39, 0.29) is 12.1 Å². The largest absolute Gasteiger partial charge is 0.379 e. The number of hydrogen-bond donors (Lipinski definition) is 1. The second kappa shape index (κ2) is 37.6. The van der Waals surface area contributed by atoms with Gasteiger partial charge in [-0.25, -0.2) is 0 Å². The zero-order valence-corrected chi connectivity index (χ0v) is 32.2. The summed E-state index contributed by atoms with van der Waals surface area (Å²) in [5.74, 6) is 0. The summed E-state index contributed by atoms with van der Waals surface area (Å²) in [5, 5.41) is 10.9. The monoisotopic (exact) mass is 660 g/mol. The second-order valence-corrected chi connectivity index (χ2v) is 13.8. The van der Waals surface area contributed by atoms with Crippen LogP contribution in [0.5, 0.6) is 0 Å². The van der Waals surface area contributed by atoms with E-state index in [2.05, 4.69) is 76.3 Å². The minimum atomic E-state index is -0.643. The Kier molecular flexibility index (Phi) is 36.7. The Morgan fingerprint density at radius 2 is 0.894 bits per heavy atom. The van der Waals surface area contributed by atoms with E-state index in [0.29, 0.717) is 13.2 Å². The van der Waals surface area contributed by atoms with Gasteiger partial charge in [0, 0.05) is 19.3 Å². The van der Waals surface area contributed by atoms with E-state index >= 15 is 0 Å². The molecule has 276 valence electrons. The van der Waals surface area contributed by atoms with Crippen LogP contribution in [0.25, 0.3) is 0 Å². The highest BCUT2D eigenvalue weighted by atomic mass is 16.5. The van der Waals surface area contributed by atoms with Gasteiger partial charge in [0.2, 0.25) is 0 Å². The molecule has 0 saturated heterocycles. The van der Waals surface area contributed by atoms with Gasteiger partial charge in [-0.3, -0.25) is 4.90 Å². The van der Waals surface area contributed by atoms with Crippen LogP contribution in [-0.2, 0) is 9.47 Å². The Hall–Kier alpha value is -1.20. The maximum atomic E-state index is 10.9. The lowest BCUT2D eigenvalue weighted by Crippen LogP contribution is -2.48. The molecule has 0 radical (unpaired) electrons. The first-order valence-corrected chi connectivity index (χ1v) is 20.2. The van der Waals surface area contributed by atoms with Gasteiger partial charge in [-0.05, 0) is 97.9 Å². The summed E-state index contributed by atoms with van der Waals surface area (Å²) in [6, 6.07) is 0.255. The number of aliphatic hydroxyl groups is 1. The van der Waals surface area contributed by atoms with Gasteiger partial charge in [-0.1, -0.05) is 140 Å². The summed E-state index contributed by atoms with van der Waals surface area (Å²) in [5.41, 5.74) is 0. The summed E-state index contributed by atoms with van der Waals surface area (Å²) in [4.78, 5) is 1.98. The lowest BCUT2D eigenvalue weighted by atomic mass is 10.1. The van der Waals surface area contributed by atoms with Crippen molar-refractivity contribution >= 4 is 0 Å². The fourth-order valence-corrected chi connectivity index (χ4v) is 5.50. The van der Waals surface area contributed by atoms with Crippen LogP contribution in [0.1, 0.15) is 182 Å². The van der Waals surface area contributed by atoms with Crippen LogP contribution in [-0.4, -0.2) is 55.2 Å². The quantitative estimate of drug-likeness (QED) is 0.0413. The molecule has 4 nitrogen and oxygen atoms in total. The highest BCUT2D eigenvalue weighted by Gasteiger charge is 2.25. The molecule has 0 amide bonds. The van der Waals surface area contributed by atoms with E-state index in [1.807, 2.05) is 11.9 Å². The van der Waals surface area contributed by atoms with Crippen molar-refractivity contribution in [3.63, 3.8) is 0 Å². The van der Waals surface area contributed by atoms with E-state index in [9.17, 15) is 5.11 Å². The lowest BCUT2D eigenvalue weighted by Gasteiger charge is -2.33. The normalized spacial score (nSPS) is 14.0. The molecule has 2 atom stereocenters. The molecule has 47 heavy (non-hydrogen) atoms. The predicted octanol–water partition coefficient (Wildman–Crippen LogP) is 12.7. The van der Waals surface area contributed by atoms with Crippen molar-refractivity contribution in [3.8, 4) is 0 Å². The van der Waals surface area contributed by atoms with Gasteiger partial charge in [0.25, 0.3) is 0 Å². The Morgan fingerprint density at radius 3 is 1.32 bits per heavy atom. The zero-order chi connectivity index (χ0) is 34.5. The van der Waals surface area contributed by atoms with Gasteiger partial charge in [-0.2, -0.15) is 0 Å². The number of hydrogen-bond acceptors (Lipinski definition) is 4. The Labute approximate surface area is 294 Å². The van der Waals surface area contributed by atoms with Crippen molar-refractivity contribution in [2.24, 2.45) is 0 Å². The topological polar surface area (TPSA) is 41.9 Å². The van der Waals surface area contributed by atoms with Gasteiger partial charge in [0.15, 0.2) is 0 Å². The van der Waals surface area contributed by atoms with Gasteiger partial charge in [0.1, 0.15) is 12.3 Å². The molecule has 0 aliphatic carbocycles. The Morgan fingerprint density at radius 1 is 0.511 bits per heavy atom. The number of ether oxygens (including phenoxy) is 2. The maximum absolute atomic E-state index is 10.9. The average Bonchev–Trinajstić information content (AvgIpc) is 3.07. The average molecular weight is 660 g/mol. The number of aliphatic hydroxyl groups excluding tert-OH is 1. The van der Waals surface area contributed by atoms with Crippen LogP contribution in [0, 0.1) is 0 Å². The van der Waals surface area contributed by atoms with Crippen LogP contribution in [0.3, 0.4) is 0 Å². The Bertz CT molecular complexity index is 729. The molecule has 0 bridgehead atoms. The van der Waals surface area contributed by atoms with Crippen LogP contribution in [0.4, 0.5) is 0 Å². The van der Waals surface area contributed by atoms with Crippen molar-refractivity contribution < 1.29 is 14.6 Å². The first-order valence-electron chi connectivity index (χ1n) is 20.2. The van der Waals surface area contributed by atoms with E-state index in [1.165, 1.54) is 128 Å². The molecular formula is C43H81NO3. The fourth-order valence-electron chi connectivity index (χ4n) is 5.50. The first-order chi connectivity index (χ1) is 23.0. The molecule has 0 aromatic rings. The molecule has 4 heteroatoms. The van der Waals surface area contributed by atoms with Crippen molar-refractivity contribution in [1.82, 2.24) is 4.90 Å². The van der Waals surface area contributed by atoms with Crippen molar-refractivity contribution in [1.29, 1.82) is 0 Å². The minimum absolute atomic E-state index is 0.255. The van der Waals surface area contributed by atoms with Crippen LogP contribution < -0.4 is 0 Å². The van der Waals surface area contributed by atoms with Gasteiger partial charge in [-0.15, -0.1) is 0 Å². The molecule has 0 aliphatic rings. The minimum Gasteiger partial charge on any atom is -0.379 e. The third kappa shape index (κ3) is 33.1. The summed E-state index contributed by atoms with van der Waals surface area (Å²) in [6.45, 7) is 10.6. The third-order valence-corrected chi connectivity index (χ3v) is 9.01. The van der Waals surface area contributed by atoms with E-state index in [0.717, 1.165) is 32.3 Å². The Balaban J connectivity index is 3.89. The fraction of sp³-hybridized carbons (Fsp3) is 0.814. The summed E-state index contributed by atoms with van der Waals surface area (Å²) < 4.78 is 12.2. The van der Waals surface area contributed by atoms with E-state index < -0.39 is 6.23 Å². The van der Waals surface area contributed by atoms with Gasteiger partial charge >= 0.3 is 0 Å². The standard InChI is InChI=1S/C43H81NO3/c1-6-8-10-12-14-16-18-20-22-24-26-28-30-32-34-36-38-46-40-42(43(45)44(5)41(3)4)47-39-37-35-33-31-29-27-25-23-21-19-17-15-13-11-9-7-2/h14-17,20-23,41-43,45H,6-13,18-19,24-40H2,1-5H3/b16-14-,17-15-,22-20-,23-21-. The van der Waals surface area contributed by atoms with Crippen molar-refractivity contribution in [2.75, 3.05) is 26.9 Å².